The van der Waals surface area contributed by atoms with Gasteiger partial charge in [-0.25, -0.2) is 0 Å². The third kappa shape index (κ3) is 5.33. The number of allylic oxidation sites excluding steroid dienone is 6. The van der Waals surface area contributed by atoms with Gasteiger partial charge in [-0.2, -0.15) is 0 Å². The van der Waals surface area contributed by atoms with Crippen LogP contribution in [0.3, 0.4) is 0 Å². The first kappa shape index (κ1) is 18.6. The molecule has 2 fully saturated rings. The summed E-state index contributed by atoms with van der Waals surface area (Å²) in [6.45, 7) is 7.96. The topological polar surface area (TPSA) is 40.5 Å². The minimum Gasteiger partial charge on any atom is -0.393 e. The van der Waals surface area contributed by atoms with Gasteiger partial charge in [-0.05, 0) is 94.5 Å². The van der Waals surface area contributed by atoms with Crippen LogP contribution in [-0.2, 0) is 0 Å². The highest BCUT2D eigenvalue weighted by Crippen LogP contribution is 2.57. The van der Waals surface area contributed by atoms with E-state index in [9.17, 15) is 10.2 Å². The lowest BCUT2D eigenvalue weighted by Crippen LogP contribution is -2.32. The summed E-state index contributed by atoms with van der Waals surface area (Å²) in [5.74, 6) is 0.225. The predicted molar refractivity (Wildman–Crippen MR) is 123 cm³/mol. The molecule has 2 heteroatoms. The highest BCUT2D eigenvalue weighted by atomic mass is 16.3. The highest BCUT2D eigenvalue weighted by Gasteiger charge is 2.45. The van der Waals surface area contributed by atoms with Gasteiger partial charge in [0, 0.05) is 4.11 Å². The summed E-state index contributed by atoms with van der Waals surface area (Å²) >= 11 is 0. The SMILES string of the molecule is [2H]C([2H])([2H])[C@]12CCC/C(=C\C=C3\C[C@@H](O)CCC3=C)[C@@H]1CC=C2[C@H](C)CCCC(C)(C)O. The zero-order valence-corrected chi connectivity index (χ0v) is 18.6. The number of aliphatic hydroxyl groups excluding tert-OH is 1. The van der Waals surface area contributed by atoms with Crippen LogP contribution in [0, 0.1) is 17.3 Å². The maximum atomic E-state index is 10.1. The lowest BCUT2D eigenvalue weighted by atomic mass is 9.62. The van der Waals surface area contributed by atoms with Gasteiger partial charge in [0.1, 0.15) is 0 Å². The molecule has 0 amide bonds. The van der Waals surface area contributed by atoms with E-state index < -0.39 is 17.9 Å². The van der Waals surface area contributed by atoms with Crippen molar-refractivity contribution in [2.45, 2.75) is 104 Å². The first-order chi connectivity index (χ1) is 14.8. The Morgan fingerprint density at radius 3 is 2.90 bits per heavy atom. The van der Waals surface area contributed by atoms with Gasteiger partial charge in [-0.3, -0.25) is 0 Å². The van der Waals surface area contributed by atoms with E-state index in [0.29, 0.717) is 6.42 Å². The van der Waals surface area contributed by atoms with E-state index >= 15 is 0 Å². The molecule has 2 nitrogen and oxygen atoms in total. The van der Waals surface area contributed by atoms with Crippen molar-refractivity contribution >= 4 is 0 Å². The summed E-state index contributed by atoms with van der Waals surface area (Å²) in [6, 6.07) is 0. The maximum absolute atomic E-state index is 10.1. The second kappa shape index (κ2) is 8.94. The van der Waals surface area contributed by atoms with Crippen molar-refractivity contribution in [1.82, 2.24) is 0 Å². The van der Waals surface area contributed by atoms with Crippen LogP contribution in [0.25, 0.3) is 0 Å². The molecule has 162 valence electrons. The lowest BCUT2D eigenvalue weighted by molar-refractivity contribution is 0.0670. The Morgan fingerprint density at radius 2 is 2.17 bits per heavy atom. The fraction of sp³-hybridized carbons (Fsp3) is 0.704. The molecule has 0 aromatic rings. The molecule has 0 saturated heterocycles. The fourth-order valence-electron chi connectivity index (χ4n) is 5.59. The minimum absolute atomic E-state index is 0.0223. The largest absolute Gasteiger partial charge is 0.393 e. The van der Waals surface area contributed by atoms with Gasteiger partial charge < -0.3 is 10.2 Å². The second-order valence-corrected chi connectivity index (χ2v) is 10.3. The van der Waals surface area contributed by atoms with Gasteiger partial charge >= 0.3 is 0 Å². The molecule has 0 aromatic heterocycles. The number of hydrogen-bond acceptors (Lipinski definition) is 2. The Labute approximate surface area is 182 Å². The zero-order valence-electron chi connectivity index (χ0n) is 21.6. The fourth-order valence-corrected chi connectivity index (χ4v) is 5.59. The molecule has 0 heterocycles. The van der Waals surface area contributed by atoms with Crippen molar-refractivity contribution in [3.8, 4) is 0 Å². The average Bonchev–Trinajstić information content (AvgIpc) is 3.09. The van der Waals surface area contributed by atoms with Gasteiger partial charge in [0.2, 0.25) is 0 Å². The summed E-state index contributed by atoms with van der Waals surface area (Å²) < 4.78 is 25.8. The molecule has 0 radical (unpaired) electrons. The number of fused-ring (bicyclic) bond motifs is 1. The molecule has 4 atom stereocenters. The molecule has 2 saturated carbocycles. The zero-order chi connectivity index (χ0) is 23.7. The van der Waals surface area contributed by atoms with Crippen LogP contribution in [0.1, 0.15) is 95.9 Å². The number of aliphatic hydroxyl groups is 2. The van der Waals surface area contributed by atoms with E-state index in [2.05, 4.69) is 31.7 Å². The predicted octanol–water partition coefficient (Wildman–Crippen LogP) is 6.65. The number of hydrogen-bond donors (Lipinski definition) is 2. The molecular weight excluding hydrogens is 356 g/mol. The third-order valence-corrected chi connectivity index (χ3v) is 7.31. The van der Waals surface area contributed by atoms with Crippen molar-refractivity contribution in [1.29, 1.82) is 0 Å². The summed E-state index contributed by atoms with van der Waals surface area (Å²) in [4.78, 5) is 0. The molecule has 3 aliphatic rings. The third-order valence-electron chi connectivity index (χ3n) is 7.31. The van der Waals surface area contributed by atoms with E-state index in [-0.39, 0.29) is 17.9 Å². The molecule has 0 unspecified atom stereocenters. The van der Waals surface area contributed by atoms with Crippen molar-refractivity contribution in [2.24, 2.45) is 17.3 Å². The monoisotopic (exact) mass is 401 g/mol. The van der Waals surface area contributed by atoms with Crippen LogP contribution in [-0.4, -0.2) is 21.9 Å². The molecule has 0 spiro atoms. The van der Waals surface area contributed by atoms with Gasteiger partial charge in [-0.1, -0.05) is 61.7 Å². The summed E-state index contributed by atoms with van der Waals surface area (Å²) in [6.07, 6.45) is 14.3. The highest BCUT2D eigenvalue weighted by molar-refractivity contribution is 5.38. The quantitative estimate of drug-likeness (QED) is 0.489. The van der Waals surface area contributed by atoms with Crippen molar-refractivity contribution in [2.75, 3.05) is 0 Å². The Kier molecular flexibility index (Phi) is 5.74. The Hall–Kier alpha value is -1.12. The summed E-state index contributed by atoms with van der Waals surface area (Å²) in [5.41, 5.74) is 3.10. The molecule has 0 aliphatic heterocycles. The maximum Gasteiger partial charge on any atom is 0.0591 e. The Morgan fingerprint density at radius 1 is 1.38 bits per heavy atom. The Bertz CT molecular complexity index is 797. The van der Waals surface area contributed by atoms with E-state index in [4.69, 9.17) is 4.11 Å². The van der Waals surface area contributed by atoms with Gasteiger partial charge in [0.25, 0.3) is 0 Å². The molecule has 3 aliphatic carbocycles. The van der Waals surface area contributed by atoms with Crippen molar-refractivity contribution in [3.05, 3.63) is 47.1 Å². The first-order valence-electron chi connectivity index (χ1n) is 13.0. The smallest absolute Gasteiger partial charge is 0.0591 e. The second-order valence-electron chi connectivity index (χ2n) is 10.3. The first-order valence-corrected chi connectivity index (χ1v) is 11.5. The summed E-state index contributed by atoms with van der Waals surface area (Å²) in [7, 11) is 0. The average molecular weight is 402 g/mol. The van der Waals surface area contributed by atoms with Crippen LogP contribution in [0.5, 0.6) is 0 Å². The van der Waals surface area contributed by atoms with Crippen LogP contribution in [0.4, 0.5) is 0 Å². The van der Waals surface area contributed by atoms with E-state index in [1.54, 1.807) is 0 Å². The van der Waals surface area contributed by atoms with E-state index in [0.717, 1.165) is 74.5 Å². The van der Waals surface area contributed by atoms with Crippen LogP contribution < -0.4 is 0 Å². The normalized spacial score (nSPS) is 36.4. The Balaban J connectivity index is 1.85. The molecular formula is C27H42O2. The van der Waals surface area contributed by atoms with Gasteiger partial charge in [0.15, 0.2) is 0 Å². The van der Waals surface area contributed by atoms with Crippen LogP contribution >= 0.6 is 0 Å². The van der Waals surface area contributed by atoms with E-state index in [1.165, 1.54) is 5.57 Å². The molecule has 2 N–H and O–H groups in total. The van der Waals surface area contributed by atoms with E-state index in [1.807, 2.05) is 13.8 Å². The summed E-state index contributed by atoms with van der Waals surface area (Å²) in [5, 5.41) is 20.1. The lowest BCUT2D eigenvalue weighted by Gasteiger charge is -2.42. The number of rotatable bonds is 6. The van der Waals surface area contributed by atoms with Crippen molar-refractivity contribution < 1.29 is 14.3 Å². The standard InChI is InChI=1S/C27H42O2/c1-19-10-13-23(28)18-22(19)12-11-21-9-7-17-27(5)24(14-15-25(21)27)20(2)8-6-16-26(3,4)29/h11-12,14,20,23,25,28-29H,1,6-10,13,15-18H2,2-5H3/b21-11+,22-12-/t20-,23+,25+,27-/m1/s1/i5D3. The van der Waals surface area contributed by atoms with Gasteiger partial charge in [-0.15, -0.1) is 0 Å². The molecule has 3 rings (SSSR count). The molecule has 0 aromatic carbocycles. The van der Waals surface area contributed by atoms with Gasteiger partial charge in [0.05, 0.1) is 11.7 Å². The van der Waals surface area contributed by atoms with Crippen molar-refractivity contribution in [3.63, 3.8) is 0 Å². The van der Waals surface area contributed by atoms with Crippen LogP contribution in [0.15, 0.2) is 47.1 Å². The molecule has 29 heavy (non-hydrogen) atoms. The van der Waals surface area contributed by atoms with Crippen LogP contribution in [0.2, 0.25) is 0 Å². The molecule has 0 bridgehead atoms. The minimum atomic E-state index is -2.04.